The molecule has 6 heteroatoms. The van der Waals surface area contributed by atoms with Crippen molar-refractivity contribution < 1.29 is 9.90 Å². The zero-order chi connectivity index (χ0) is 12.8. The molecule has 96 valence electrons. The van der Waals surface area contributed by atoms with Gasteiger partial charge in [-0.2, -0.15) is 0 Å². The Kier molecular flexibility index (Phi) is 5.37. The fraction of sp³-hybridized carbons (Fsp3) is 0.636. The Morgan fingerprint density at radius 2 is 2.29 bits per heavy atom. The SMILES string of the molecule is CCc1cnc(NC(=O)NC(C)C(C)CO)s1. The summed E-state index contributed by atoms with van der Waals surface area (Å²) in [5.41, 5.74) is 0. The smallest absolute Gasteiger partial charge is 0.321 e. The number of thiazole rings is 1. The maximum atomic E-state index is 11.6. The fourth-order valence-electron chi connectivity index (χ4n) is 1.17. The van der Waals surface area contributed by atoms with Gasteiger partial charge in [-0.05, 0) is 19.3 Å². The van der Waals surface area contributed by atoms with E-state index in [0.29, 0.717) is 5.13 Å². The summed E-state index contributed by atoms with van der Waals surface area (Å²) in [6.45, 7) is 5.84. The number of nitrogens with one attached hydrogen (secondary N) is 2. The topological polar surface area (TPSA) is 74.2 Å². The number of nitrogens with zero attached hydrogens (tertiary/aromatic N) is 1. The Bertz CT molecular complexity index is 367. The number of aromatic nitrogens is 1. The van der Waals surface area contributed by atoms with Gasteiger partial charge in [-0.15, -0.1) is 11.3 Å². The molecule has 0 saturated carbocycles. The molecule has 0 aliphatic carbocycles. The van der Waals surface area contributed by atoms with Crippen LogP contribution in [0.25, 0.3) is 0 Å². The Balaban J connectivity index is 2.44. The van der Waals surface area contributed by atoms with Crippen LogP contribution in [0.2, 0.25) is 0 Å². The fourth-order valence-corrected chi connectivity index (χ4v) is 1.92. The van der Waals surface area contributed by atoms with Crippen molar-refractivity contribution in [3.63, 3.8) is 0 Å². The van der Waals surface area contributed by atoms with Gasteiger partial charge in [0.25, 0.3) is 0 Å². The van der Waals surface area contributed by atoms with E-state index >= 15 is 0 Å². The summed E-state index contributed by atoms with van der Waals surface area (Å²) in [5, 5.41) is 15.0. The molecule has 5 nitrogen and oxygen atoms in total. The largest absolute Gasteiger partial charge is 0.396 e. The van der Waals surface area contributed by atoms with Crippen molar-refractivity contribution in [3.05, 3.63) is 11.1 Å². The highest BCUT2D eigenvalue weighted by Crippen LogP contribution is 2.18. The van der Waals surface area contributed by atoms with Gasteiger partial charge in [-0.3, -0.25) is 5.32 Å². The van der Waals surface area contributed by atoms with Crippen LogP contribution in [0.5, 0.6) is 0 Å². The first-order valence-electron chi connectivity index (χ1n) is 5.69. The highest BCUT2D eigenvalue weighted by atomic mass is 32.1. The second kappa shape index (κ2) is 6.56. The number of hydrogen-bond acceptors (Lipinski definition) is 4. The van der Waals surface area contributed by atoms with E-state index in [-0.39, 0.29) is 24.6 Å². The number of hydrogen-bond donors (Lipinski definition) is 3. The van der Waals surface area contributed by atoms with Crippen molar-refractivity contribution in [1.82, 2.24) is 10.3 Å². The van der Waals surface area contributed by atoms with E-state index in [4.69, 9.17) is 5.11 Å². The van der Waals surface area contributed by atoms with Gasteiger partial charge in [0.2, 0.25) is 0 Å². The number of amides is 2. The van der Waals surface area contributed by atoms with Crippen molar-refractivity contribution in [2.45, 2.75) is 33.2 Å². The predicted octanol–water partition coefficient (Wildman–Crippen LogP) is 1.84. The Hall–Kier alpha value is -1.14. The number of anilines is 1. The lowest BCUT2D eigenvalue weighted by Crippen LogP contribution is -2.40. The highest BCUT2D eigenvalue weighted by Gasteiger charge is 2.14. The summed E-state index contributed by atoms with van der Waals surface area (Å²) < 4.78 is 0. The molecule has 0 fully saturated rings. The van der Waals surface area contributed by atoms with E-state index in [1.807, 2.05) is 20.8 Å². The number of aryl methyl sites for hydroxylation is 1. The summed E-state index contributed by atoms with van der Waals surface area (Å²) in [5.74, 6) is 0.0308. The first-order valence-corrected chi connectivity index (χ1v) is 6.51. The van der Waals surface area contributed by atoms with E-state index < -0.39 is 0 Å². The Morgan fingerprint density at radius 1 is 1.59 bits per heavy atom. The summed E-state index contributed by atoms with van der Waals surface area (Å²) >= 11 is 1.47. The third-order valence-corrected chi connectivity index (χ3v) is 3.68. The first kappa shape index (κ1) is 13.9. The van der Waals surface area contributed by atoms with Crippen LogP contribution in [-0.2, 0) is 6.42 Å². The van der Waals surface area contributed by atoms with E-state index in [0.717, 1.165) is 11.3 Å². The molecular formula is C11H19N3O2S. The van der Waals surface area contributed by atoms with Crippen molar-refractivity contribution in [1.29, 1.82) is 0 Å². The van der Waals surface area contributed by atoms with Crippen LogP contribution in [0, 0.1) is 5.92 Å². The number of carbonyl (C=O) groups excluding carboxylic acids is 1. The zero-order valence-corrected chi connectivity index (χ0v) is 11.2. The summed E-state index contributed by atoms with van der Waals surface area (Å²) in [7, 11) is 0. The second-order valence-electron chi connectivity index (χ2n) is 4.03. The van der Waals surface area contributed by atoms with E-state index in [2.05, 4.69) is 15.6 Å². The molecule has 0 aromatic carbocycles. The van der Waals surface area contributed by atoms with Crippen LogP contribution >= 0.6 is 11.3 Å². The molecule has 0 spiro atoms. The van der Waals surface area contributed by atoms with Crippen LogP contribution in [0.15, 0.2) is 6.20 Å². The first-order chi connectivity index (χ1) is 8.06. The van der Waals surface area contributed by atoms with Gasteiger partial charge < -0.3 is 10.4 Å². The lowest BCUT2D eigenvalue weighted by atomic mass is 10.1. The van der Waals surface area contributed by atoms with E-state index in [1.54, 1.807) is 6.20 Å². The minimum Gasteiger partial charge on any atom is -0.396 e. The molecule has 0 aliphatic heterocycles. The van der Waals surface area contributed by atoms with Gasteiger partial charge in [0.05, 0.1) is 0 Å². The van der Waals surface area contributed by atoms with Crippen LogP contribution < -0.4 is 10.6 Å². The van der Waals surface area contributed by atoms with Crippen molar-refractivity contribution in [3.8, 4) is 0 Å². The molecule has 1 rings (SSSR count). The minimum absolute atomic E-state index is 0.0308. The minimum atomic E-state index is -0.283. The number of rotatable bonds is 5. The molecule has 1 heterocycles. The number of carbonyl (C=O) groups is 1. The molecular weight excluding hydrogens is 238 g/mol. The quantitative estimate of drug-likeness (QED) is 0.753. The molecule has 3 N–H and O–H groups in total. The van der Waals surface area contributed by atoms with Gasteiger partial charge in [-0.25, -0.2) is 9.78 Å². The lowest BCUT2D eigenvalue weighted by Gasteiger charge is -2.18. The standard InChI is InChI=1S/C11H19N3O2S/c1-4-9-5-12-11(17-9)14-10(16)13-8(3)7(2)6-15/h5,7-8,15H,4,6H2,1-3H3,(H2,12,13,14,16). The number of aliphatic hydroxyl groups excluding tert-OH is 1. The molecule has 0 radical (unpaired) electrons. The average molecular weight is 257 g/mol. The van der Waals surface area contributed by atoms with Gasteiger partial charge in [-0.1, -0.05) is 13.8 Å². The van der Waals surface area contributed by atoms with Crippen molar-refractivity contribution in [2.75, 3.05) is 11.9 Å². The molecule has 0 saturated heterocycles. The highest BCUT2D eigenvalue weighted by molar-refractivity contribution is 7.15. The van der Waals surface area contributed by atoms with Gasteiger partial charge in [0.1, 0.15) is 0 Å². The monoisotopic (exact) mass is 257 g/mol. The molecule has 1 aromatic heterocycles. The predicted molar refractivity (Wildman–Crippen MR) is 69.4 cm³/mol. The molecule has 2 atom stereocenters. The molecule has 17 heavy (non-hydrogen) atoms. The van der Waals surface area contributed by atoms with Gasteiger partial charge in [0, 0.05) is 23.7 Å². The molecule has 0 bridgehead atoms. The molecule has 2 unspecified atom stereocenters. The zero-order valence-electron chi connectivity index (χ0n) is 10.4. The number of urea groups is 1. The normalized spacial score (nSPS) is 14.1. The van der Waals surface area contributed by atoms with Crippen molar-refractivity contribution >= 4 is 22.5 Å². The van der Waals surface area contributed by atoms with Gasteiger partial charge in [0.15, 0.2) is 5.13 Å². The summed E-state index contributed by atoms with van der Waals surface area (Å²) in [6, 6.07) is -0.361. The maximum absolute atomic E-state index is 11.6. The Morgan fingerprint density at radius 3 is 2.82 bits per heavy atom. The van der Waals surface area contributed by atoms with Crippen LogP contribution in [-0.4, -0.2) is 28.8 Å². The summed E-state index contributed by atoms with van der Waals surface area (Å²) in [4.78, 5) is 16.8. The van der Waals surface area contributed by atoms with E-state index in [9.17, 15) is 4.79 Å². The third-order valence-electron chi connectivity index (χ3n) is 2.62. The number of aliphatic hydroxyl groups is 1. The van der Waals surface area contributed by atoms with E-state index in [1.165, 1.54) is 11.3 Å². The third kappa shape index (κ3) is 4.32. The lowest BCUT2D eigenvalue weighted by molar-refractivity contribution is 0.204. The molecule has 1 aromatic rings. The second-order valence-corrected chi connectivity index (χ2v) is 5.15. The van der Waals surface area contributed by atoms with Crippen LogP contribution in [0.1, 0.15) is 25.6 Å². The summed E-state index contributed by atoms with van der Waals surface area (Å²) in [6.07, 6.45) is 2.68. The van der Waals surface area contributed by atoms with Crippen LogP contribution in [0.4, 0.5) is 9.93 Å². The molecule has 2 amide bonds. The maximum Gasteiger partial charge on any atom is 0.321 e. The Labute approximate surface area is 105 Å². The van der Waals surface area contributed by atoms with Crippen molar-refractivity contribution in [2.24, 2.45) is 5.92 Å². The van der Waals surface area contributed by atoms with Crippen LogP contribution in [0.3, 0.4) is 0 Å². The van der Waals surface area contributed by atoms with Gasteiger partial charge >= 0.3 is 6.03 Å². The molecule has 0 aliphatic rings. The average Bonchev–Trinajstić information content (AvgIpc) is 2.75.